The van der Waals surface area contributed by atoms with Crippen molar-refractivity contribution in [1.82, 2.24) is 0 Å². The van der Waals surface area contributed by atoms with Gasteiger partial charge in [0, 0.05) is 12.5 Å². The Labute approximate surface area is 91.8 Å². The number of hydrogen-bond acceptors (Lipinski definition) is 2. The van der Waals surface area contributed by atoms with E-state index >= 15 is 0 Å². The van der Waals surface area contributed by atoms with Crippen molar-refractivity contribution in [2.75, 3.05) is 6.61 Å². The number of rotatable bonds is 0. The summed E-state index contributed by atoms with van der Waals surface area (Å²) >= 11 is 11.8. The van der Waals surface area contributed by atoms with Gasteiger partial charge >= 0.3 is 0 Å². The minimum atomic E-state index is 0.0716. The average molecular weight is 231 g/mol. The van der Waals surface area contributed by atoms with Gasteiger partial charge in [0.05, 0.1) is 22.2 Å². The first kappa shape index (κ1) is 9.81. The van der Waals surface area contributed by atoms with Gasteiger partial charge < -0.3 is 4.74 Å². The fourth-order valence-electron chi connectivity index (χ4n) is 1.56. The van der Waals surface area contributed by atoms with Crippen LogP contribution in [0.5, 0.6) is 5.75 Å². The lowest BCUT2D eigenvalue weighted by atomic mass is 10.00. The van der Waals surface area contributed by atoms with Crippen LogP contribution in [0.4, 0.5) is 0 Å². The normalized spacial score (nSPS) is 14.9. The Morgan fingerprint density at radius 1 is 1.43 bits per heavy atom. The van der Waals surface area contributed by atoms with Gasteiger partial charge in [-0.25, -0.2) is 0 Å². The number of fused-ring (bicyclic) bond motifs is 1. The van der Waals surface area contributed by atoms with E-state index in [0.717, 1.165) is 0 Å². The molecule has 0 fully saturated rings. The van der Waals surface area contributed by atoms with Crippen molar-refractivity contribution in [3.63, 3.8) is 0 Å². The van der Waals surface area contributed by atoms with Crippen LogP contribution < -0.4 is 4.74 Å². The van der Waals surface area contributed by atoms with Crippen molar-refractivity contribution in [3.8, 4) is 5.75 Å². The Hall–Kier alpha value is -0.730. The van der Waals surface area contributed by atoms with E-state index in [1.807, 2.05) is 0 Å². The number of ether oxygens (including phenoxy) is 1. The summed E-state index contributed by atoms with van der Waals surface area (Å²) in [7, 11) is 0. The molecule has 0 aromatic heterocycles. The van der Waals surface area contributed by atoms with Gasteiger partial charge in [-0.3, -0.25) is 4.79 Å². The molecule has 74 valence electrons. The topological polar surface area (TPSA) is 26.3 Å². The summed E-state index contributed by atoms with van der Waals surface area (Å²) in [5.74, 6) is 0.621. The molecule has 0 radical (unpaired) electrons. The molecular formula is C10H8Cl2O2. The molecule has 0 N–H and O–H groups in total. The van der Waals surface area contributed by atoms with Crippen molar-refractivity contribution in [3.05, 3.63) is 27.2 Å². The highest BCUT2D eigenvalue weighted by molar-refractivity contribution is 6.43. The average Bonchev–Trinajstić information content (AvgIpc) is 2.14. The summed E-state index contributed by atoms with van der Waals surface area (Å²) in [6, 6.07) is 1.60. The zero-order valence-electron chi connectivity index (χ0n) is 7.56. The van der Waals surface area contributed by atoms with Gasteiger partial charge in [0.2, 0.25) is 0 Å². The van der Waals surface area contributed by atoms with Crippen LogP contribution in [0.1, 0.15) is 22.3 Å². The molecule has 2 rings (SSSR count). The maximum atomic E-state index is 11.6. The third-order valence-corrected chi connectivity index (χ3v) is 3.17. The molecule has 0 unspecified atom stereocenters. The molecule has 14 heavy (non-hydrogen) atoms. The lowest BCUT2D eigenvalue weighted by Gasteiger charge is -2.19. The zero-order valence-corrected chi connectivity index (χ0v) is 9.08. The third-order valence-electron chi connectivity index (χ3n) is 2.28. The number of halogens is 2. The van der Waals surface area contributed by atoms with Crippen LogP contribution in [0.2, 0.25) is 10.0 Å². The van der Waals surface area contributed by atoms with E-state index in [4.69, 9.17) is 27.9 Å². The van der Waals surface area contributed by atoms with E-state index in [9.17, 15) is 4.79 Å². The highest BCUT2D eigenvalue weighted by Gasteiger charge is 2.23. The number of hydrogen-bond donors (Lipinski definition) is 0. The molecule has 1 heterocycles. The zero-order chi connectivity index (χ0) is 10.3. The summed E-state index contributed by atoms with van der Waals surface area (Å²) in [6.07, 6.45) is 0.409. The van der Waals surface area contributed by atoms with Gasteiger partial charge in [0.15, 0.2) is 5.78 Å². The van der Waals surface area contributed by atoms with Gasteiger partial charge in [-0.2, -0.15) is 0 Å². The first-order valence-electron chi connectivity index (χ1n) is 4.26. The molecule has 1 aromatic rings. The minimum absolute atomic E-state index is 0.0716. The molecule has 0 spiro atoms. The second kappa shape index (κ2) is 3.44. The molecule has 0 atom stereocenters. The van der Waals surface area contributed by atoms with Crippen molar-refractivity contribution in [2.24, 2.45) is 0 Å². The second-order valence-electron chi connectivity index (χ2n) is 3.19. The maximum Gasteiger partial charge on any atom is 0.170 e. The van der Waals surface area contributed by atoms with Crippen molar-refractivity contribution in [2.45, 2.75) is 13.3 Å². The van der Waals surface area contributed by atoms with Crippen LogP contribution in [0.15, 0.2) is 6.07 Å². The van der Waals surface area contributed by atoms with Gasteiger partial charge in [0.1, 0.15) is 5.75 Å². The van der Waals surface area contributed by atoms with Crippen LogP contribution in [-0.4, -0.2) is 12.4 Å². The molecule has 0 saturated carbocycles. The van der Waals surface area contributed by atoms with Gasteiger partial charge in [-0.1, -0.05) is 23.2 Å². The number of benzene rings is 1. The molecule has 4 heteroatoms. The van der Waals surface area contributed by atoms with Crippen LogP contribution in [0.3, 0.4) is 0 Å². The third kappa shape index (κ3) is 1.39. The lowest BCUT2D eigenvalue weighted by Crippen LogP contribution is -2.16. The van der Waals surface area contributed by atoms with E-state index < -0.39 is 0 Å². The summed E-state index contributed by atoms with van der Waals surface area (Å²) in [5.41, 5.74) is 1.28. The summed E-state index contributed by atoms with van der Waals surface area (Å²) in [4.78, 5) is 11.6. The molecule has 1 aliphatic rings. The van der Waals surface area contributed by atoms with Crippen molar-refractivity contribution < 1.29 is 9.53 Å². The Kier molecular flexibility index (Phi) is 2.41. The fourth-order valence-corrected chi connectivity index (χ4v) is 1.95. The largest absolute Gasteiger partial charge is 0.492 e. The summed E-state index contributed by atoms with van der Waals surface area (Å²) in [5, 5.41) is 0.863. The highest BCUT2D eigenvalue weighted by Crippen LogP contribution is 2.37. The molecule has 2 nitrogen and oxygen atoms in total. The quantitative estimate of drug-likeness (QED) is 0.684. The molecule has 0 saturated heterocycles. The molecule has 0 bridgehead atoms. The van der Waals surface area contributed by atoms with E-state index in [1.165, 1.54) is 0 Å². The Morgan fingerprint density at radius 3 is 2.86 bits per heavy atom. The van der Waals surface area contributed by atoms with Crippen molar-refractivity contribution in [1.29, 1.82) is 0 Å². The molecule has 1 aromatic carbocycles. The number of Topliss-reactive ketones (excluding diaryl/α,β-unsaturated/α-hetero) is 1. The van der Waals surface area contributed by atoms with Crippen LogP contribution in [0.25, 0.3) is 0 Å². The van der Waals surface area contributed by atoms with E-state index in [0.29, 0.717) is 39.9 Å². The Balaban J connectivity index is 2.70. The summed E-state index contributed by atoms with van der Waals surface area (Å²) in [6.45, 7) is 2.20. The van der Waals surface area contributed by atoms with Crippen LogP contribution >= 0.6 is 23.2 Å². The Morgan fingerprint density at radius 2 is 2.14 bits per heavy atom. The lowest BCUT2D eigenvalue weighted by molar-refractivity contribution is 0.0933. The van der Waals surface area contributed by atoms with E-state index in [1.54, 1.807) is 13.0 Å². The first-order chi connectivity index (χ1) is 6.61. The van der Waals surface area contributed by atoms with Gasteiger partial charge in [0.25, 0.3) is 0 Å². The monoisotopic (exact) mass is 230 g/mol. The second-order valence-corrected chi connectivity index (χ2v) is 3.98. The number of ketones is 1. The number of carbonyl (C=O) groups excluding carboxylic acids is 1. The molecule has 1 aliphatic heterocycles. The predicted molar refractivity (Wildman–Crippen MR) is 55.6 cm³/mol. The van der Waals surface area contributed by atoms with E-state index in [-0.39, 0.29) is 5.78 Å². The molecule has 0 aliphatic carbocycles. The number of carbonyl (C=O) groups is 1. The smallest absolute Gasteiger partial charge is 0.170 e. The predicted octanol–water partition coefficient (Wildman–Crippen LogP) is 3.27. The standard InChI is InChI=1S/C10H8Cl2O2/c1-5-9-7(13)2-3-14-8(9)4-6(11)10(5)12/h4H,2-3H2,1H3. The SMILES string of the molecule is Cc1c(Cl)c(Cl)cc2c1C(=O)CCO2. The minimum Gasteiger partial charge on any atom is -0.492 e. The molecule has 0 amide bonds. The first-order valence-corrected chi connectivity index (χ1v) is 5.01. The fraction of sp³-hybridized carbons (Fsp3) is 0.300. The Bertz CT molecular complexity index is 413. The van der Waals surface area contributed by atoms with Crippen LogP contribution in [0, 0.1) is 6.92 Å². The molecular weight excluding hydrogens is 223 g/mol. The summed E-state index contributed by atoms with van der Waals surface area (Å²) < 4.78 is 5.35. The highest BCUT2D eigenvalue weighted by atomic mass is 35.5. The van der Waals surface area contributed by atoms with Crippen molar-refractivity contribution >= 4 is 29.0 Å². The van der Waals surface area contributed by atoms with E-state index in [2.05, 4.69) is 0 Å². The van der Waals surface area contributed by atoms with Gasteiger partial charge in [-0.05, 0) is 12.5 Å². The van der Waals surface area contributed by atoms with Crippen LogP contribution in [-0.2, 0) is 0 Å². The maximum absolute atomic E-state index is 11.6. The van der Waals surface area contributed by atoms with Gasteiger partial charge in [-0.15, -0.1) is 0 Å².